The lowest BCUT2D eigenvalue weighted by atomic mass is 9.53. The number of piperidine rings is 1. The minimum absolute atomic E-state index is 0.0202. The molecule has 3 atom stereocenters. The van der Waals surface area contributed by atoms with E-state index in [1.54, 1.807) is 13.2 Å². The van der Waals surface area contributed by atoms with Gasteiger partial charge in [0.05, 0.1) is 19.8 Å². The molecule has 2 aromatic rings. The SMILES string of the molecule is CC.COC(=O)c1cc2c([nH]c1=O)CC1(c3cc(OC)ccc3C)CCN(CC3CC3)C(C)C1(O)C2. The van der Waals surface area contributed by atoms with Gasteiger partial charge in [0.2, 0.25) is 0 Å². The summed E-state index contributed by atoms with van der Waals surface area (Å²) in [7, 11) is 2.92. The van der Waals surface area contributed by atoms with Crippen molar-refractivity contribution in [1.82, 2.24) is 9.88 Å². The van der Waals surface area contributed by atoms with E-state index in [0.29, 0.717) is 12.8 Å². The summed E-state index contributed by atoms with van der Waals surface area (Å²) in [5, 5.41) is 12.7. The zero-order valence-corrected chi connectivity index (χ0v) is 22.4. The Bertz CT molecular complexity index is 1190. The van der Waals surface area contributed by atoms with Crippen molar-refractivity contribution >= 4 is 5.97 Å². The van der Waals surface area contributed by atoms with Crippen molar-refractivity contribution in [2.45, 2.75) is 76.9 Å². The Balaban J connectivity index is 0.00000148. The highest BCUT2D eigenvalue weighted by atomic mass is 16.5. The average Bonchev–Trinajstić information content (AvgIpc) is 3.70. The van der Waals surface area contributed by atoms with Crippen molar-refractivity contribution < 1.29 is 19.4 Å². The summed E-state index contributed by atoms with van der Waals surface area (Å²) in [6, 6.07) is 7.57. The van der Waals surface area contributed by atoms with Gasteiger partial charge in [-0.3, -0.25) is 9.69 Å². The Kier molecular flexibility index (Phi) is 7.35. The van der Waals surface area contributed by atoms with Crippen molar-refractivity contribution in [2.24, 2.45) is 5.92 Å². The Labute approximate surface area is 213 Å². The summed E-state index contributed by atoms with van der Waals surface area (Å²) in [6.07, 6.45) is 4.13. The third-order valence-corrected chi connectivity index (χ3v) is 8.60. The summed E-state index contributed by atoms with van der Waals surface area (Å²) >= 11 is 0. The van der Waals surface area contributed by atoms with E-state index >= 15 is 0 Å². The zero-order chi connectivity index (χ0) is 26.3. The van der Waals surface area contributed by atoms with Crippen molar-refractivity contribution in [3.63, 3.8) is 0 Å². The van der Waals surface area contributed by atoms with E-state index in [1.807, 2.05) is 26.0 Å². The molecule has 2 aliphatic carbocycles. The topological polar surface area (TPSA) is 91.9 Å². The molecule has 2 heterocycles. The molecule has 7 nitrogen and oxygen atoms in total. The lowest BCUT2D eigenvalue weighted by Gasteiger charge is -2.60. The number of aromatic amines is 1. The number of benzene rings is 1. The summed E-state index contributed by atoms with van der Waals surface area (Å²) < 4.78 is 10.4. The molecule has 0 amide bonds. The number of ether oxygens (including phenoxy) is 2. The number of methoxy groups -OCH3 is 2. The van der Waals surface area contributed by atoms with Crippen molar-refractivity contribution in [3.05, 3.63) is 62.6 Å². The fraction of sp³-hybridized carbons (Fsp3) is 0.586. The van der Waals surface area contributed by atoms with Gasteiger partial charge in [-0.05, 0) is 80.5 Å². The molecule has 0 spiro atoms. The molecule has 7 heteroatoms. The maximum Gasteiger partial charge on any atom is 0.343 e. The number of fused-ring (bicyclic) bond motifs is 2. The Morgan fingerprint density at radius 1 is 1.19 bits per heavy atom. The van der Waals surface area contributed by atoms with Crippen LogP contribution in [0.4, 0.5) is 0 Å². The maximum atomic E-state index is 12.7. The first-order valence-electron chi connectivity index (χ1n) is 13.2. The molecular formula is C29H40N2O5. The maximum absolute atomic E-state index is 12.7. The van der Waals surface area contributed by atoms with E-state index in [9.17, 15) is 14.7 Å². The van der Waals surface area contributed by atoms with Crippen molar-refractivity contribution in [1.29, 1.82) is 0 Å². The van der Waals surface area contributed by atoms with Crippen LogP contribution in [-0.4, -0.2) is 59.9 Å². The minimum atomic E-state index is -1.09. The predicted octanol–water partition coefficient (Wildman–Crippen LogP) is 3.78. The van der Waals surface area contributed by atoms with Crippen LogP contribution >= 0.6 is 0 Å². The highest BCUT2D eigenvalue weighted by Crippen LogP contribution is 2.54. The molecule has 36 heavy (non-hydrogen) atoms. The summed E-state index contributed by atoms with van der Waals surface area (Å²) in [6.45, 7) is 10.1. The quantitative estimate of drug-likeness (QED) is 0.612. The molecule has 1 saturated carbocycles. The number of likely N-dealkylation sites (tertiary alicyclic amines) is 1. The number of hydrogen-bond donors (Lipinski definition) is 2. The Hall–Kier alpha value is -2.64. The highest BCUT2D eigenvalue weighted by Gasteiger charge is 2.61. The van der Waals surface area contributed by atoms with Crippen molar-refractivity contribution in [3.8, 4) is 5.75 Å². The standard InChI is InChI=1S/C27H34N2O5.C2H6/c1-16-5-8-20(33-3)12-22(16)26-9-10-29(15-18-6-7-18)17(2)27(26,32)13-19-11-21(25(31)34-4)24(30)28-23(19)14-26;1-2/h5,8,11-12,17-18,32H,6-7,9-10,13-15H2,1-4H3,(H,28,30);1-2H3. The van der Waals surface area contributed by atoms with Crippen LogP contribution in [0.15, 0.2) is 29.1 Å². The first kappa shape index (κ1) is 26.4. The van der Waals surface area contributed by atoms with Crippen LogP contribution in [0.1, 0.15) is 72.8 Å². The number of carbonyl (C=O) groups is 1. The van der Waals surface area contributed by atoms with Gasteiger partial charge in [-0.25, -0.2) is 4.79 Å². The first-order valence-corrected chi connectivity index (χ1v) is 13.2. The van der Waals surface area contributed by atoms with E-state index in [2.05, 4.69) is 29.8 Å². The lowest BCUT2D eigenvalue weighted by molar-refractivity contribution is -0.139. The fourth-order valence-corrected chi connectivity index (χ4v) is 6.37. The molecule has 1 saturated heterocycles. The van der Waals surface area contributed by atoms with Gasteiger partial charge in [-0.15, -0.1) is 0 Å². The van der Waals surface area contributed by atoms with E-state index < -0.39 is 22.5 Å². The fourth-order valence-electron chi connectivity index (χ4n) is 6.37. The second kappa shape index (κ2) is 10.0. The molecular weight excluding hydrogens is 456 g/mol. The molecule has 5 rings (SSSR count). The van der Waals surface area contributed by atoms with Crippen LogP contribution in [0.3, 0.4) is 0 Å². The first-order chi connectivity index (χ1) is 17.2. The average molecular weight is 497 g/mol. The Morgan fingerprint density at radius 3 is 2.56 bits per heavy atom. The number of hydrogen-bond acceptors (Lipinski definition) is 6. The van der Waals surface area contributed by atoms with Crippen LogP contribution in [-0.2, 0) is 23.0 Å². The number of aryl methyl sites for hydroxylation is 1. The van der Waals surface area contributed by atoms with E-state index in [-0.39, 0.29) is 11.6 Å². The van der Waals surface area contributed by atoms with E-state index in [0.717, 1.165) is 53.6 Å². The number of carbonyl (C=O) groups excluding carboxylic acids is 1. The second-order valence-corrected chi connectivity index (χ2v) is 10.4. The Morgan fingerprint density at radius 2 is 1.92 bits per heavy atom. The number of aromatic nitrogens is 1. The number of rotatable bonds is 5. The number of nitrogens with one attached hydrogen (secondary N) is 1. The number of aliphatic hydroxyl groups is 1. The molecule has 1 aromatic carbocycles. The molecule has 196 valence electrons. The largest absolute Gasteiger partial charge is 0.497 e. The van der Waals surface area contributed by atoms with Gasteiger partial charge in [0.25, 0.3) is 5.56 Å². The molecule has 1 aliphatic heterocycles. The van der Waals surface area contributed by atoms with Crippen LogP contribution in [0.2, 0.25) is 0 Å². The number of esters is 1. The summed E-state index contributed by atoms with van der Waals surface area (Å²) in [5.74, 6) is 0.810. The van der Waals surface area contributed by atoms with Gasteiger partial charge in [0, 0.05) is 36.5 Å². The molecule has 2 fully saturated rings. The van der Waals surface area contributed by atoms with Crippen LogP contribution in [0.5, 0.6) is 5.75 Å². The lowest BCUT2D eigenvalue weighted by Crippen LogP contribution is -2.71. The molecule has 2 N–H and O–H groups in total. The smallest absolute Gasteiger partial charge is 0.343 e. The molecule has 1 aromatic heterocycles. The number of H-pyrrole nitrogens is 1. The summed E-state index contributed by atoms with van der Waals surface area (Å²) in [5.41, 5.74) is 1.60. The number of pyridine rings is 1. The second-order valence-electron chi connectivity index (χ2n) is 10.4. The monoisotopic (exact) mass is 496 g/mol. The molecule has 0 bridgehead atoms. The van der Waals surface area contributed by atoms with Gasteiger partial charge in [-0.1, -0.05) is 19.9 Å². The van der Waals surface area contributed by atoms with Gasteiger partial charge in [-0.2, -0.15) is 0 Å². The predicted molar refractivity (Wildman–Crippen MR) is 140 cm³/mol. The molecule has 0 radical (unpaired) electrons. The number of nitrogens with zero attached hydrogens (tertiary/aromatic N) is 1. The third kappa shape index (κ3) is 4.26. The van der Waals surface area contributed by atoms with Crippen molar-refractivity contribution in [2.75, 3.05) is 27.3 Å². The van der Waals surface area contributed by atoms with Gasteiger partial charge >= 0.3 is 5.97 Å². The normalized spacial score (nSPS) is 27.2. The van der Waals surface area contributed by atoms with Gasteiger partial charge < -0.3 is 19.6 Å². The summed E-state index contributed by atoms with van der Waals surface area (Å²) in [4.78, 5) is 30.3. The van der Waals surface area contributed by atoms with Crippen LogP contribution in [0, 0.1) is 12.8 Å². The van der Waals surface area contributed by atoms with Crippen LogP contribution in [0.25, 0.3) is 0 Å². The van der Waals surface area contributed by atoms with Gasteiger partial charge in [0.15, 0.2) is 0 Å². The van der Waals surface area contributed by atoms with Crippen LogP contribution < -0.4 is 10.3 Å². The van der Waals surface area contributed by atoms with E-state index in [1.165, 1.54) is 20.0 Å². The zero-order valence-electron chi connectivity index (χ0n) is 22.4. The third-order valence-electron chi connectivity index (χ3n) is 8.60. The van der Waals surface area contributed by atoms with E-state index in [4.69, 9.17) is 9.47 Å². The molecule has 3 unspecified atom stereocenters. The molecule has 3 aliphatic rings. The van der Waals surface area contributed by atoms with Gasteiger partial charge in [0.1, 0.15) is 11.3 Å². The highest BCUT2D eigenvalue weighted by molar-refractivity contribution is 5.89. The minimum Gasteiger partial charge on any atom is -0.497 e.